The van der Waals surface area contributed by atoms with Crippen LogP contribution in [0.2, 0.25) is 0 Å². The molecule has 6 heteroatoms. The molecule has 0 aliphatic rings. The fourth-order valence-electron chi connectivity index (χ4n) is 1.01. The van der Waals surface area contributed by atoms with Gasteiger partial charge < -0.3 is 0 Å². The van der Waals surface area contributed by atoms with Crippen LogP contribution in [0, 0.1) is 6.92 Å². The van der Waals surface area contributed by atoms with Gasteiger partial charge in [-0.2, -0.15) is 13.2 Å². The summed E-state index contributed by atoms with van der Waals surface area (Å²) >= 11 is 0. The van der Waals surface area contributed by atoms with Gasteiger partial charge in [0.25, 0.3) is 0 Å². The lowest BCUT2D eigenvalue weighted by Crippen LogP contribution is -2.38. The minimum Gasteiger partial charge on any atom is -0.292 e. The number of aromatic nitrogens is 1. The molecule has 1 amide bonds. The topological polar surface area (TPSA) is 33.2 Å². The highest BCUT2D eigenvalue weighted by atomic mass is 19.4. The highest BCUT2D eigenvalue weighted by Gasteiger charge is 2.42. The van der Waals surface area contributed by atoms with Crippen molar-refractivity contribution in [3.05, 3.63) is 23.9 Å². The first kappa shape index (κ1) is 11.5. The first-order valence-electron chi connectivity index (χ1n) is 4.11. The lowest BCUT2D eigenvalue weighted by atomic mass is 10.3. The number of amides is 1. The molecule has 1 aromatic rings. The van der Waals surface area contributed by atoms with Crippen molar-refractivity contribution in [3.63, 3.8) is 0 Å². The zero-order chi connectivity index (χ0) is 11.6. The van der Waals surface area contributed by atoms with Gasteiger partial charge in [0.2, 0.25) is 0 Å². The molecule has 82 valence electrons. The fraction of sp³-hybridized carbons (Fsp3) is 0.333. The Labute approximate surface area is 84.5 Å². The van der Waals surface area contributed by atoms with Crippen LogP contribution >= 0.6 is 0 Å². The second-order valence-electron chi connectivity index (χ2n) is 3.00. The smallest absolute Gasteiger partial charge is 0.292 e. The van der Waals surface area contributed by atoms with Crippen molar-refractivity contribution in [3.8, 4) is 0 Å². The molecule has 0 spiro atoms. The molecule has 0 N–H and O–H groups in total. The number of carbonyl (C=O) groups is 1. The molecular weight excluding hydrogens is 209 g/mol. The van der Waals surface area contributed by atoms with Crippen molar-refractivity contribution >= 4 is 11.7 Å². The van der Waals surface area contributed by atoms with Crippen molar-refractivity contribution in [2.75, 3.05) is 11.9 Å². The minimum atomic E-state index is -4.87. The third-order valence-corrected chi connectivity index (χ3v) is 1.76. The van der Waals surface area contributed by atoms with Crippen molar-refractivity contribution in [2.24, 2.45) is 0 Å². The number of aryl methyl sites for hydroxylation is 1. The molecule has 1 aromatic heterocycles. The average molecular weight is 218 g/mol. The van der Waals surface area contributed by atoms with E-state index in [0.717, 1.165) is 7.05 Å². The van der Waals surface area contributed by atoms with Crippen LogP contribution in [-0.2, 0) is 4.79 Å². The van der Waals surface area contributed by atoms with E-state index in [1.807, 2.05) is 0 Å². The third-order valence-electron chi connectivity index (χ3n) is 1.76. The number of halogens is 3. The summed E-state index contributed by atoms with van der Waals surface area (Å²) in [5.41, 5.74) is 0.550. The predicted octanol–water partition coefficient (Wildman–Crippen LogP) is 1.92. The summed E-state index contributed by atoms with van der Waals surface area (Å²) in [5, 5.41) is 0. The molecule has 0 saturated heterocycles. The maximum absolute atomic E-state index is 12.1. The number of hydrogen-bond donors (Lipinski definition) is 0. The molecule has 0 atom stereocenters. The summed E-state index contributed by atoms with van der Waals surface area (Å²) < 4.78 is 36.2. The molecule has 1 rings (SSSR count). The van der Waals surface area contributed by atoms with E-state index < -0.39 is 12.1 Å². The minimum absolute atomic E-state index is 0.0164. The van der Waals surface area contributed by atoms with Gasteiger partial charge in [-0.1, -0.05) is 6.07 Å². The van der Waals surface area contributed by atoms with Gasteiger partial charge in [-0.05, 0) is 19.1 Å². The van der Waals surface area contributed by atoms with Gasteiger partial charge in [-0.25, -0.2) is 4.98 Å². The SMILES string of the molecule is Cc1cccc(N(C)C(=O)C(F)(F)F)n1. The predicted molar refractivity (Wildman–Crippen MR) is 48.4 cm³/mol. The normalized spacial score (nSPS) is 11.3. The summed E-state index contributed by atoms with van der Waals surface area (Å²) in [7, 11) is 1.04. The monoisotopic (exact) mass is 218 g/mol. The van der Waals surface area contributed by atoms with Crippen LogP contribution in [-0.4, -0.2) is 24.1 Å². The highest BCUT2D eigenvalue weighted by molar-refractivity contribution is 5.95. The quantitative estimate of drug-likeness (QED) is 0.721. The lowest BCUT2D eigenvalue weighted by Gasteiger charge is -2.17. The van der Waals surface area contributed by atoms with Crippen LogP contribution in [0.3, 0.4) is 0 Å². The molecule has 0 unspecified atom stereocenters. The first-order chi connectivity index (χ1) is 6.82. The summed E-state index contributed by atoms with van der Waals surface area (Å²) in [6, 6.07) is 4.52. The van der Waals surface area contributed by atoms with Crippen molar-refractivity contribution in [1.29, 1.82) is 0 Å². The molecule has 0 radical (unpaired) electrons. The molecule has 0 aromatic carbocycles. The Morgan fingerprint density at radius 1 is 1.40 bits per heavy atom. The van der Waals surface area contributed by atoms with Gasteiger partial charge in [0.05, 0.1) is 0 Å². The second-order valence-corrected chi connectivity index (χ2v) is 3.00. The second kappa shape index (κ2) is 3.88. The summed E-state index contributed by atoms with van der Waals surface area (Å²) in [6.07, 6.45) is -4.87. The summed E-state index contributed by atoms with van der Waals surface area (Å²) in [5.74, 6) is -1.95. The van der Waals surface area contributed by atoms with E-state index in [9.17, 15) is 18.0 Å². The Morgan fingerprint density at radius 2 is 2.00 bits per heavy atom. The van der Waals surface area contributed by atoms with Crippen LogP contribution in [0.25, 0.3) is 0 Å². The van der Waals surface area contributed by atoms with Gasteiger partial charge in [-0.3, -0.25) is 9.69 Å². The van der Waals surface area contributed by atoms with Crippen molar-refractivity contribution in [2.45, 2.75) is 13.1 Å². The van der Waals surface area contributed by atoms with E-state index in [1.165, 1.54) is 12.1 Å². The van der Waals surface area contributed by atoms with Gasteiger partial charge in [-0.15, -0.1) is 0 Å². The van der Waals surface area contributed by atoms with E-state index in [-0.39, 0.29) is 5.82 Å². The molecule has 3 nitrogen and oxygen atoms in total. The Hall–Kier alpha value is -1.59. The summed E-state index contributed by atoms with van der Waals surface area (Å²) in [4.78, 5) is 15.1. The zero-order valence-electron chi connectivity index (χ0n) is 8.17. The number of alkyl halides is 3. The van der Waals surface area contributed by atoms with Crippen molar-refractivity contribution in [1.82, 2.24) is 4.98 Å². The average Bonchev–Trinajstić information content (AvgIpc) is 2.14. The van der Waals surface area contributed by atoms with Crippen LogP contribution in [0.4, 0.5) is 19.0 Å². The van der Waals surface area contributed by atoms with Gasteiger partial charge in [0.15, 0.2) is 0 Å². The van der Waals surface area contributed by atoms with Gasteiger partial charge >= 0.3 is 12.1 Å². The molecule has 0 bridgehead atoms. The largest absolute Gasteiger partial charge is 0.471 e. The molecule has 0 fully saturated rings. The maximum atomic E-state index is 12.1. The van der Waals surface area contributed by atoms with E-state index in [0.29, 0.717) is 10.6 Å². The Kier molecular flexibility index (Phi) is 2.97. The standard InChI is InChI=1S/C9H9F3N2O/c1-6-4-3-5-7(13-6)14(2)8(15)9(10,11)12/h3-5H,1-2H3. The zero-order valence-corrected chi connectivity index (χ0v) is 8.17. The number of carbonyl (C=O) groups excluding carboxylic acids is 1. The molecule has 15 heavy (non-hydrogen) atoms. The van der Waals surface area contributed by atoms with E-state index in [4.69, 9.17) is 0 Å². The Morgan fingerprint density at radius 3 is 2.47 bits per heavy atom. The number of rotatable bonds is 1. The molecule has 0 saturated carbocycles. The number of hydrogen-bond acceptors (Lipinski definition) is 2. The van der Waals surface area contributed by atoms with Crippen molar-refractivity contribution < 1.29 is 18.0 Å². The van der Waals surface area contributed by atoms with Crippen LogP contribution < -0.4 is 4.90 Å². The van der Waals surface area contributed by atoms with E-state index in [1.54, 1.807) is 13.0 Å². The first-order valence-corrected chi connectivity index (χ1v) is 4.11. The van der Waals surface area contributed by atoms with E-state index >= 15 is 0 Å². The lowest BCUT2D eigenvalue weighted by molar-refractivity contribution is -0.170. The fourth-order valence-corrected chi connectivity index (χ4v) is 1.01. The van der Waals surface area contributed by atoms with Gasteiger partial charge in [0.1, 0.15) is 5.82 Å². The van der Waals surface area contributed by atoms with Crippen LogP contribution in [0.15, 0.2) is 18.2 Å². The summed E-state index contributed by atoms with van der Waals surface area (Å²) in [6.45, 7) is 1.63. The Balaban J connectivity index is 2.95. The highest BCUT2D eigenvalue weighted by Crippen LogP contribution is 2.21. The molecule has 0 aliphatic carbocycles. The van der Waals surface area contributed by atoms with E-state index in [2.05, 4.69) is 4.98 Å². The van der Waals surface area contributed by atoms with Gasteiger partial charge in [0, 0.05) is 12.7 Å². The van der Waals surface area contributed by atoms with Crippen LogP contribution in [0.5, 0.6) is 0 Å². The maximum Gasteiger partial charge on any atom is 0.471 e. The molecule has 0 aliphatic heterocycles. The van der Waals surface area contributed by atoms with Crippen LogP contribution in [0.1, 0.15) is 5.69 Å². The number of pyridine rings is 1. The molecule has 1 heterocycles. The Bertz CT molecular complexity index is 376. The number of anilines is 1. The molecular formula is C9H9F3N2O. The third kappa shape index (κ3) is 2.68. The number of nitrogens with zero attached hydrogens (tertiary/aromatic N) is 2.